The number of rotatable bonds is 4. The zero-order chi connectivity index (χ0) is 17.2. The molecule has 2 heterocycles. The lowest BCUT2D eigenvalue weighted by molar-refractivity contribution is 0.355. The van der Waals surface area contributed by atoms with Crippen molar-refractivity contribution in [1.82, 2.24) is 15.0 Å². The normalized spacial score (nSPS) is 10.8. The van der Waals surface area contributed by atoms with E-state index < -0.39 is 0 Å². The number of nitrogens with zero attached hydrogens (tertiary/aromatic N) is 2. The van der Waals surface area contributed by atoms with Crippen molar-refractivity contribution in [3.05, 3.63) is 60.7 Å². The summed E-state index contributed by atoms with van der Waals surface area (Å²) in [5, 5.41) is 0. The van der Waals surface area contributed by atoms with E-state index >= 15 is 0 Å². The summed E-state index contributed by atoms with van der Waals surface area (Å²) in [7, 11) is 3.25. The highest BCUT2D eigenvalue weighted by molar-refractivity contribution is 5.79. The molecule has 25 heavy (non-hydrogen) atoms. The van der Waals surface area contributed by atoms with Gasteiger partial charge in [0, 0.05) is 5.56 Å². The summed E-state index contributed by atoms with van der Waals surface area (Å²) >= 11 is 0. The highest BCUT2D eigenvalue weighted by Crippen LogP contribution is 2.32. The van der Waals surface area contributed by atoms with Crippen LogP contribution in [0.3, 0.4) is 0 Å². The molecule has 0 aliphatic heterocycles. The maximum Gasteiger partial charge on any atom is 0.161 e. The molecule has 0 atom stereocenters. The number of fused-ring (bicyclic) bond motifs is 1. The number of ether oxygens (including phenoxy) is 2. The molecule has 0 fully saturated rings. The molecule has 2 aromatic heterocycles. The van der Waals surface area contributed by atoms with Crippen LogP contribution in [-0.2, 0) is 0 Å². The Labute approximate surface area is 145 Å². The molecule has 0 saturated carbocycles. The van der Waals surface area contributed by atoms with Crippen molar-refractivity contribution < 1.29 is 9.47 Å². The molecule has 0 aliphatic carbocycles. The summed E-state index contributed by atoms with van der Waals surface area (Å²) in [6, 6.07) is 19.6. The highest BCUT2D eigenvalue weighted by Gasteiger charge is 2.10. The monoisotopic (exact) mass is 331 g/mol. The first-order valence-electron chi connectivity index (χ1n) is 7.93. The van der Waals surface area contributed by atoms with Crippen molar-refractivity contribution in [1.29, 1.82) is 0 Å². The molecular formula is C20H17N3O2. The van der Waals surface area contributed by atoms with Crippen molar-refractivity contribution in [2.75, 3.05) is 14.2 Å². The van der Waals surface area contributed by atoms with Gasteiger partial charge in [0.25, 0.3) is 0 Å². The number of methoxy groups -OCH3 is 2. The summed E-state index contributed by atoms with van der Waals surface area (Å²) in [6.07, 6.45) is 0. The predicted molar refractivity (Wildman–Crippen MR) is 97.9 cm³/mol. The lowest BCUT2D eigenvalue weighted by atomic mass is 10.1. The standard InChI is InChI=1S/C20H17N3O2/c1-24-18-11-10-13(12-19(18)25-2)14-8-5-9-17(21-14)20-22-15-6-3-4-7-16(15)23-20/h3-12H,1-2H3,(H,22,23). The number of H-pyrrole nitrogens is 1. The average Bonchev–Trinajstić information content (AvgIpc) is 3.12. The number of aromatic nitrogens is 3. The van der Waals surface area contributed by atoms with E-state index in [-0.39, 0.29) is 0 Å². The average molecular weight is 331 g/mol. The molecule has 0 radical (unpaired) electrons. The van der Waals surface area contributed by atoms with Gasteiger partial charge in [0.15, 0.2) is 17.3 Å². The maximum absolute atomic E-state index is 5.38. The van der Waals surface area contributed by atoms with Gasteiger partial charge < -0.3 is 14.5 Å². The molecule has 4 aromatic rings. The molecule has 0 aliphatic rings. The Morgan fingerprint density at radius 2 is 1.56 bits per heavy atom. The van der Waals surface area contributed by atoms with Gasteiger partial charge in [-0.2, -0.15) is 0 Å². The van der Waals surface area contributed by atoms with Gasteiger partial charge in [0.05, 0.1) is 30.9 Å². The first-order valence-corrected chi connectivity index (χ1v) is 7.93. The van der Waals surface area contributed by atoms with Crippen LogP contribution in [0.5, 0.6) is 11.5 Å². The van der Waals surface area contributed by atoms with Crippen LogP contribution >= 0.6 is 0 Å². The van der Waals surface area contributed by atoms with Crippen LogP contribution in [-0.4, -0.2) is 29.2 Å². The third-order valence-electron chi connectivity index (χ3n) is 4.06. The Bertz CT molecular complexity index is 1010. The van der Waals surface area contributed by atoms with Crippen LogP contribution < -0.4 is 9.47 Å². The Balaban J connectivity index is 1.76. The van der Waals surface area contributed by atoms with E-state index in [9.17, 15) is 0 Å². The molecule has 124 valence electrons. The Hall–Kier alpha value is -3.34. The first-order chi connectivity index (χ1) is 12.3. The predicted octanol–water partition coefficient (Wildman–Crippen LogP) is 4.31. The fourth-order valence-electron chi connectivity index (χ4n) is 2.80. The summed E-state index contributed by atoms with van der Waals surface area (Å²) in [4.78, 5) is 12.7. The van der Waals surface area contributed by atoms with E-state index in [1.165, 1.54) is 0 Å². The Kier molecular flexibility index (Phi) is 3.82. The third kappa shape index (κ3) is 2.80. The molecule has 4 rings (SSSR count). The number of imidazole rings is 1. The number of nitrogens with one attached hydrogen (secondary N) is 1. The molecular weight excluding hydrogens is 314 g/mol. The van der Waals surface area contributed by atoms with E-state index in [4.69, 9.17) is 14.5 Å². The smallest absolute Gasteiger partial charge is 0.161 e. The van der Waals surface area contributed by atoms with E-state index in [1.54, 1.807) is 14.2 Å². The van der Waals surface area contributed by atoms with Crippen LogP contribution in [0, 0.1) is 0 Å². The zero-order valence-electron chi connectivity index (χ0n) is 14.0. The van der Waals surface area contributed by atoms with Crippen LogP contribution in [0.1, 0.15) is 0 Å². The Morgan fingerprint density at radius 1 is 0.760 bits per heavy atom. The number of hydrogen-bond acceptors (Lipinski definition) is 4. The largest absolute Gasteiger partial charge is 0.493 e. The molecule has 5 heteroatoms. The van der Waals surface area contributed by atoms with Crippen molar-refractivity contribution in [3.63, 3.8) is 0 Å². The fourth-order valence-corrected chi connectivity index (χ4v) is 2.80. The number of hydrogen-bond donors (Lipinski definition) is 1. The van der Waals surface area contributed by atoms with Crippen LogP contribution in [0.4, 0.5) is 0 Å². The quantitative estimate of drug-likeness (QED) is 0.605. The number of benzene rings is 2. The van der Waals surface area contributed by atoms with Crippen LogP contribution in [0.25, 0.3) is 33.8 Å². The molecule has 0 saturated heterocycles. The van der Waals surface area contributed by atoms with Crippen LogP contribution in [0.2, 0.25) is 0 Å². The fraction of sp³-hybridized carbons (Fsp3) is 0.100. The molecule has 2 aromatic carbocycles. The number of para-hydroxylation sites is 2. The molecule has 0 unspecified atom stereocenters. The van der Waals surface area contributed by atoms with Gasteiger partial charge in [-0.1, -0.05) is 18.2 Å². The van der Waals surface area contributed by atoms with E-state index in [2.05, 4.69) is 9.97 Å². The second kappa shape index (κ2) is 6.28. The van der Waals surface area contributed by atoms with E-state index in [0.717, 1.165) is 33.8 Å². The van der Waals surface area contributed by atoms with Gasteiger partial charge in [0.1, 0.15) is 5.69 Å². The maximum atomic E-state index is 5.38. The molecule has 0 amide bonds. The lowest BCUT2D eigenvalue weighted by Gasteiger charge is -2.09. The van der Waals surface area contributed by atoms with Crippen molar-refractivity contribution in [3.8, 4) is 34.3 Å². The SMILES string of the molecule is COc1ccc(-c2cccc(-c3nc4ccccc4[nH]3)n2)cc1OC. The molecule has 0 bridgehead atoms. The van der Waals surface area contributed by atoms with Gasteiger partial charge in [0.2, 0.25) is 0 Å². The van der Waals surface area contributed by atoms with E-state index in [1.807, 2.05) is 60.7 Å². The van der Waals surface area contributed by atoms with E-state index in [0.29, 0.717) is 11.5 Å². The van der Waals surface area contributed by atoms with Crippen molar-refractivity contribution in [2.45, 2.75) is 0 Å². The van der Waals surface area contributed by atoms with Gasteiger partial charge in [-0.3, -0.25) is 0 Å². The van der Waals surface area contributed by atoms with Gasteiger partial charge in [-0.25, -0.2) is 9.97 Å². The van der Waals surface area contributed by atoms with Crippen LogP contribution in [0.15, 0.2) is 60.7 Å². The van der Waals surface area contributed by atoms with Gasteiger partial charge >= 0.3 is 0 Å². The Morgan fingerprint density at radius 3 is 2.36 bits per heavy atom. The second-order valence-corrected chi connectivity index (χ2v) is 5.58. The minimum Gasteiger partial charge on any atom is -0.493 e. The number of pyridine rings is 1. The lowest BCUT2D eigenvalue weighted by Crippen LogP contribution is -1.93. The molecule has 1 N–H and O–H groups in total. The third-order valence-corrected chi connectivity index (χ3v) is 4.06. The summed E-state index contributed by atoms with van der Waals surface area (Å²) in [5.74, 6) is 2.12. The van der Waals surface area contributed by atoms with Crippen molar-refractivity contribution in [2.24, 2.45) is 0 Å². The second-order valence-electron chi connectivity index (χ2n) is 5.58. The van der Waals surface area contributed by atoms with Gasteiger partial charge in [-0.05, 0) is 42.5 Å². The zero-order valence-corrected chi connectivity index (χ0v) is 14.0. The van der Waals surface area contributed by atoms with Crippen molar-refractivity contribution >= 4 is 11.0 Å². The minimum atomic E-state index is 0.677. The summed E-state index contributed by atoms with van der Waals surface area (Å²) in [6.45, 7) is 0. The van der Waals surface area contributed by atoms with Gasteiger partial charge in [-0.15, -0.1) is 0 Å². The molecule has 5 nitrogen and oxygen atoms in total. The molecule has 0 spiro atoms. The highest BCUT2D eigenvalue weighted by atomic mass is 16.5. The number of aromatic amines is 1. The topological polar surface area (TPSA) is 60.0 Å². The first kappa shape index (κ1) is 15.2. The summed E-state index contributed by atoms with van der Waals surface area (Å²) < 4.78 is 10.7. The minimum absolute atomic E-state index is 0.677. The summed E-state index contributed by atoms with van der Waals surface area (Å²) in [5.41, 5.74) is 4.52.